The molecule has 2 unspecified atom stereocenters. The predicted molar refractivity (Wildman–Crippen MR) is 85.3 cm³/mol. The second-order valence-corrected chi connectivity index (χ2v) is 5.90. The monoisotopic (exact) mass is 291 g/mol. The summed E-state index contributed by atoms with van der Waals surface area (Å²) in [5.41, 5.74) is 7.50. The summed E-state index contributed by atoms with van der Waals surface area (Å²) in [6.07, 6.45) is 4.89. The summed E-state index contributed by atoms with van der Waals surface area (Å²) in [6, 6.07) is 6.10. The first-order chi connectivity index (χ1) is 10.1. The predicted octanol–water partition coefficient (Wildman–Crippen LogP) is 2.80. The van der Waals surface area contributed by atoms with Crippen LogP contribution in [-0.4, -0.2) is 31.2 Å². The minimum atomic E-state index is 0.128. The summed E-state index contributed by atoms with van der Waals surface area (Å²) in [6.45, 7) is 2.30. The molecule has 5 heteroatoms. The van der Waals surface area contributed by atoms with Crippen LogP contribution in [0.3, 0.4) is 0 Å². The highest BCUT2D eigenvalue weighted by Crippen LogP contribution is 2.33. The average Bonchev–Trinajstić information content (AvgIpc) is 2.52. The molecule has 1 aromatic carbocycles. The van der Waals surface area contributed by atoms with Crippen molar-refractivity contribution in [3.8, 4) is 5.75 Å². The topological polar surface area (TPSA) is 71.1 Å². The van der Waals surface area contributed by atoms with Crippen LogP contribution in [0.25, 0.3) is 0 Å². The zero-order chi connectivity index (χ0) is 15.4. The normalized spacial score (nSPS) is 22.9. The quantitative estimate of drug-likeness (QED) is 0.387. The fourth-order valence-corrected chi connectivity index (χ4v) is 3.15. The number of anilines is 1. The molecule has 2 atom stereocenters. The number of methoxy groups -OCH3 is 1. The van der Waals surface area contributed by atoms with Crippen LogP contribution in [0.4, 0.5) is 5.69 Å². The molecule has 0 saturated heterocycles. The molecule has 0 heterocycles. The Kier molecular flexibility index (Phi) is 4.94. The molecule has 0 spiro atoms. The van der Waals surface area contributed by atoms with Gasteiger partial charge in [-0.15, -0.1) is 0 Å². The zero-order valence-corrected chi connectivity index (χ0v) is 13.0. The lowest BCUT2D eigenvalue weighted by atomic mass is 9.86. The molecule has 0 radical (unpaired) electrons. The van der Waals surface area contributed by atoms with Gasteiger partial charge in [0.2, 0.25) is 0 Å². The first-order valence-corrected chi connectivity index (χ1v) is 7.45. The van der Waals surface area contributed by atoms with E-state index in [1.54, 1.807) is 7.11 Å². The fraction of sp³-hybridized carbons (Fsp3) is 0.562. The zero-order valence-electron chi connectivity index (χ0n) is 13.0. The van der Waals surface area contributed by atoms with E-state index in [1.807, 2.05) is 18.2 Å². The van der Waals surface area contributed by atoms with Crippen LogP contribution in [0.15, 0.2) is 23.4 Å². The third-order valence-electron chi connectivity index (χ3n) is 4.43. The molecule has 1 fully saturated rings. The Morgan fingerprint density at radius 3 is 2.81 bits per heavy atom. The maximum absolute atomic E-state index is 8.99. The smallest absolute Gasteiger partial charge is 0.172 e. The van der Waals surface area contributed by atoms with Crippen molar-refractivity contribution in [1.29, 1.82) is 0 Å². The van der Waals surface area contributed by atoms with E-state index < -0.39 is 0 Å². The molecule has 0 amide bonds. The van der Waals surface area contributed by atoms with Crippen LogP contribution in [0, 0.1) is 5.92 Å². The van der Waals surface area contributed by atoms with Gasteiger partial charge in [-0.25, -0.2) is 0 Å². The Bertz CT molecular complexity index is 516. The van der Waals surface area contributed by atoms with Crippen LogP contribution in [-0.2, 0) is 0 Å². The molecule has 3 N–H and O–H groups in total. The van der Waals surface area contributed by atoms with Crippen molar-refractivity contribution < 1.29 is 9.94 Å². The maximum atomic E-state index is 8.99. The van der Waals surface area contributed by atoms with Gasteiger partial charge in [0.25, 0.3) is 0 Å². The molecule has 1 aliphatic rings. The van der Waals surface area contributed by atoms with Gasteiger partial charge in [0.1, 0.15) is 5.75 Å². The van der Waals surface area contributed by atoms with Crippen LogP contribution >= 0.6 is 0 Å². The highest BCUT2D eigenvalue weighted by molar-refractivity contribution is 6.02. The average molecular weight is 291 g/mol. The third-order valence-corrected chi connectivity index (χ3v) is 4.43. The molecule has 21 heavy (non-hydrogen) atoms. The Morgan fingerprint density at radius 2 is 2.19 bits per heavy atom. The number of hydrogen-bond donors (Lipinski definition) is 2. The molecule has 116 valence electrons. The second kappa shape index (κ2) is 6.70. The lowest BCUT2D eigenvalue weighted by Crippen LogP contribution is -2.36. The summed E-state index contributed by atoms with van der Waals surface area (Å²) in [7, 11) is 3.72. The second-order valence-electron chi connectivity index (χ2n) is 5.90. The Hall–Kier alpha value is -1.91. The molecular weight excluding hydrogens is 266 g/mol. The van der Waals surface area contributed by atoms with Crippen LogP contribution in [0.5, 0.6) is 5.75 Å². The van der Waals surface area contributed by atoms with Crippen molar-refractivity contribution >= 4 is 11.5 Å². The van der Waals surface area contributed by atoms with Crippen molar-refractivity contribution in [2.45, 2.75) is 38.6 Å². The number of nitrogens with zero attached hydrogens (tertiary/aromatic N) is 2. The van der Waals surface area contributed by atoms with Crippen molar-refractivity contribution in [2.75, 3.05) is 19.1 Å². The molecule has 0 aromatic heterocycles. The molecule has 5 nitrogen and oxygen atoms in total. The van der Waals surface area contributed by atoms with Gasteiger partial charge in [-0.3, -0.25) is 0 Å². The van der Waals surface area contributed by atoms with Gasteiger partial charge >= 0.3 is 0 Å². The Balaban J connectivity index is 2.35. The largest absolute Gasteiger partial charge is 0.497 e. The number of nitrogens with two attached hydrogens (primary N) is 1. The van der Waals surface area contributed by atoms with Crippen LogP contribution < -0.4 is 15.4 Å². The van der Waals surface area contributed by atoms with E-state index in [0.717, 1.165) is 22.9 Å². The van der Waals surface area contributed by atoms with Gasteiger partial charge in [-0.1, -0.05) is 24.9 Å². The highest BCUT2D eigenvalue weighted by atomic mass is 16.5. The SMILES string of the molecule is COc1ccc(/C(N)=N/O)c(N(C)C2CCCC(C)C2)c1. The lowest BCUT2D eigenvalue weighted by molar-refractivity contribution is 0.318. The van der Waals surface area contributed by atoms with E-state index in [9.17, 15) is 0 Å². The number of ether oxygens (including phenoxy) is 1. The van der Waals surface area contributed by atoms with E-state index in [1.165, 1.54) is 25.7 Å². The summed E-state index contributed by atoms with van der Waals surface area (Å²) < 4.78 is 5.31. The molecule has 1 aromatic rings. The van der Waals surface area contributed by atoms with Crippen molar-refractivity contribution in [1.82, 2.24) is 0 Å². The van der Waals surface area contributed by atoms with Crippen molar-refractivity contribution in [2.24, 2.45) is 16.8 Å². The molecule has 1 saturated carbocycles. The standard InChI is InChI=1S/C16H25N3O2/c1-11-5-4-6-12(9-11)19(2)15-10-13(21-3)7-8-14(15)16(17)18-20/h7-8,10-12,20H,4-6,9H2,1-3H3,(H2,17,18). The minimum Gasteiger partial charge on any atom is -0.497 e. The first-order valence-electron chi connectivity index (χ1n) is 7.45. The van der Waals surface area contributed by atoms with Gasteiger partial charge in [0, 0.05) is 24.7 Å². The van der Waals surface area contributed by atoms with E-state index in [-0.39, 0.29) is 5.84 Å². The molecular formula is C16H25N3O2. The number of rotatable bonds is 4. The summed E-state index contributed by atoms with van der Waals surface area (Å²) in [5.74, 6) is 1.64. The fourth-order valence-electron chi connectivity index (χ4n) is 3.15. The minimum absolute atomic E-state index is 0.128. The number of amidine groups is 1. The van der Waals surface area contributed by atoms with E-state index in [4.69, 9.17) is 15.7 Å². The summed E-state index contributed by atoms with van der Waals surface area (Å²) in [5, 5.41) is 12.1. The first kappa shape index (κ1) is 15.5. The van der Waals surface area contributed by atoms with Gasteiger partial charge in [-0.2, -0.15) is 0 Å². The van der Waals surface area contributed by atoms with Gasteiger partial charge < -0.3 is 20.6 Å². The summed E-state index contributed by atoms with van der Waals surface area (Å²) in [4.78, 5) is 2.24. The van der Waals surface area contributed by atoms with Gasteiger partial charge in [-0.05, 0) is 30.9 Å². The Labute approximate surface area is 126 Å². The van der Waals surface area contributed by atoms with E-state index in [0.29, 0.717) is 6.04 Å². The number of benzene rings is 1. The Morgan fingerprint density at radius 1 is 1.43 bits per heavy atom. The van der Waals surface area contributed by atoms with Crippen molar-refractivity contribution in [3.63, 3.8) is 0 Å². The maximum Gasteiger partial charge on any atom is 0.172 e. The molecule has 1 aliphatic carbocycles. The van der Waals surface area contributed by atoms with E-state index in [2.05, 4.69) is 24.0 Å². The molecule has 0 bridgehead atoms. The van der Waals surface area contributed by atoms with Gasteiger partial charge in [0.15, 0.2) is 5.84 Å². The highest BCUT2D eigenvalue weighted by Gasteiger charge is 2.24. The van der Waals surface area contributed by atoms with E-state index >= 15 is 0 Å². The summed E-state index contributed by atoms with van der Waals surface area (Å²) >= 11 is 0. The van der Waals surface area contributed by atoms with Crippen LogP contribution in [0.1, 0.15) is 38.2 Å². The van der Waals surface area contributed by atoms with Crippen molar-refractivity contribution in [3.05, 3.63) is 23.8 Å². The van der Waals surface area contributed by atoms with Gasteiger partial charge in [0.05, 0.1) is 12.8 Å². The third kappa shape index (κ3) is 3.40. The molecule has 2 rings (SSSR count). The number of oxime groups is 1. The number of hydrogen-bond acceptors (Lipinski definition) is 4. The van der Waals surface area contributed by atoms with Crippen LogP contribution in [0.2, 0.25) is 0 Å². The molecule has 0 aliphatic heterocycles. The lowest BCUT2D eigenvalue weighted by Gasteiger charge is -2.36.